The average molecular weight is 940 g/mol. The maximum absolute atomic E-state index is 14.8. The van der Waals surface area contributed by atoms with E-state index in [1.54, 1.807) is 30.5 Å². The minimum Gasteiger partial charge on any atom is -0.370 e. The van der Waals surface area contributed by atoms with E-state index in [0.29, 0.717) is 37.8 Å². The van der Waals surface area contributed by atoms with Gasteiger partial charge in [0.15, 0.2) is 5.96 Å². The van der Waals surface area contributed by atoms with Crippen LogP contribution in [0.5, 0.6) is 0 Å². The Morgan fingerprint density at radius 3 is 2.07 bits per heavy atom. The summed E-state index contributed by atoms with van der Waals surface area (Å²) in [5.74, 6) is -2.91. The molecule has 1 heterocycles. The number of amides is 7. The number of aromatic amines is 1. The Balaban J connectivity index is 1.26. The van der Waals surface area contributed by atoms with E-state index in [1.807, 2.05) is 79.7 Å². The fourth-order valence-corrected chi connectivity index (χ4v) is 8.77. The summed E-state index contributed by atoms with van der Waals surface area (Å²) in [6, 6.07) is 29.4. The van der Waals surface area contributed by atoms with Gasteiger partial charge in [-0.3, -0.25) is 29.0 Å². The first-order valence-corrected chi connectivity index (χ1v) is 23.7. The average Bonchev–Trinajstić information content (AvgIpc) is 3.76. The van der Waals surface area contributed by atoms with Crippen LogP contribution in [-0.2, 0) is 38.6 Å². The molecular formula is C52H65N11O6. The van der Waals surface area contributed by atoms with E-state index < -0.39 is 59.2 Å². The molecule has 0 spiro atoms. The molecule has 0 aliphatic heterocycles. The van der Waals surface area contributed by atoms with Crippen molar-refractivity contribution in [3.05, 3.63) is 143 Å². The Hall–Kier alpha value is -7.69. The van der Waals surface area contributed by atoms with E-state index in [-0.39, 0.29) is 56.2 Å². The number of carbonyl (C=O) groups is 6. The van der Waals surface area contributed by atoms with Crippen molar-refractivity contribution in [1.82, 2.24) is 36.9 Å². The van der Waals surface area contributed by atoms with Gasteiger partial charge in [-0.05, 0) is 91.3 Å². The number of aliphatic imine (C=N–C) groups is 1. The van der Waals surface area contributed by atoms with Crippen LogP contribution in [0.25, 0.3) is 10.9 Å². The van der Waals surface area contributed by atoms with Gasteiger partial charge in [0.2, 0.25) is 29.5 Å². The van der Waals surface area contributed by atoms with Gasteiger partial charge in [0, 0.05) is 55.1 Å². The SMILES string of the molecule is CCCCNC(=O)NC1(C(=O)N[C@H](Cc2ccccc2)C(=O)N[C@@H](CCCN=C(N)N)C(=O)N[C@@H](Cc2c[nH]c3ccccc23)C(=O)NCc2cccc(C(N)=O)c2)CCC(c2ccccc2)CC1. The second-order valence-electron chi connectivity index (χ2n) is 17.6. The van der Waals surface area contributed by atoms with E-state index in [1.165, 1.54) is 0 Å². The second-order valence-corrected chi connectivity index (χ2v) is 17.6. The molecule has 13 N–H and O–H groups in total. The molecule has 17 nitrogen and oxygen atoms in total. The maximum Gasteiger partial charge on any atom is 0.315 e. The van der Waals surface area contributed by atoms with Gasteiger partial charge in [-0.25, -0.2) is 4.79 Å². The number of hydrogen-bond acceptors (Lipinski definition) is 7. The van der Waals surface area contributed by atoms with Crippen molar-refractivity contribution in [1.29, 1.82) is 0 Å². The molecule has 6 rings (SSSR count). The quantitative estimate of drug-likeness (QED) is 0.0258. The lowest BCUT2D eigenvalue weighted by Gasteiger charge is -2.40. The highest BCUT2D eigenvalue weighted by atomic mass is 16.2. The van der Waals surface area contributed by atoms with Crippen LogP contribution in [0, 0.1) is 0 Å². The van der Waals surface area contributed by atoms with Crippen molar-refractivity contribution in [3.63, 3.8) is 0 Å². The summed E-state index contributed by atoms with van der Waals surface area (Å²) in [6.45, 7) is 2.64. The van der Waals surface area contributed by atoms with Gasteiger partial charge in [-0.15, -0.1) is 0 Å². The minimum absolute atomic E-state index is 0.0312. The fraction of sp³-hybridized carbons (Fsp3) is 0.365. The Labute approximate surface area is 402 Å². The van der Waals surface area contributed by atoms with Crippen molar-refractivity contribution in [2.24, 2.45) is 22.2 Å². The molecule has 3 atom stereocenters. The summed E-state index contributed by atoms with van der Waals surface area (Å²) in [5, 5.41) is 18.4. The van der Waals surface area contributed by atoms with E-state index in [2.05, 4.69) is 54.0 Å². The smallest absolute Gasteiger partial charge is 0.315 e. The minimum atomic E-state index is -1.34. The van der Waals surface area contributed by atoms with E-state index >= 15 is 0 Å². The zero-order valence-corrected chi connectivity index (χ0v) is 39.1. The van der Waals surface area contributed by atoms with Crippen LogP contribution < -0.4 is 49.1 Å². The Morgan fingerprint density at radius 2 is 1.36 bits per heavy atom. The molecule has 0 saturated heterocycles. The van der Waals surface area contributed by atoms with Crippen LogP contribution in [0.1, 0.15) is 96.8 Å². The van der Waals surface area contributed by atoms with Crippen LogP contribution in [0.3, 0.4) is 0 Å². The number of nitrogens with one attached hydrogen (secondary N) is 7. The number of rotatable bonds is 23. The van der Waals surface area contributed by atoms with Gasteiger partial charge in [0.05, 0.1) is 0 Å². The zero-order valence-electron chi connectivity index (χ0n) is 39.1. The van der Waals surface area contributed by atoms with Crippen LogP contribution in [0.4, 0.5) is 4.79 Å². The molecule has 69 heavy (non-hydrogen) atoms. The standard InChI is InChI=1S/C52H65N11O6/c1-2-3-27-57-51(69)63-52(25-23-37(24-26-52)36-17-8-5-9-18-36)49(68)62-43(30-34-14-6-4-7-15-34)48(67)60-42(22-13-28-56-50(54)55)47(66)61-44(31-39-33-58-41-21-11-10-20-40(39)41)46(65)59-32-35-16-12-19-38(29-35)45(53)64/h4-12,14-21,29,33,37,42-44,58H,2-3,13,22-28,30-32H2,1H3,(H2,53,64)(H,59,65)(H,60,67)(H,61,66)(H,62,68)(H4,54,55,56)(H2,57,63,69)/t37?,42-,43+,44-,52?/m0/s1. The number of aromatic nitrogens is 1. The van der Waals surface area contributed by atoms with Crippen molar-refractivity contribution in [3.8, 4) is 0 Å². The molecule has 364 valence electrons. The Bertz CT molecular complexity index is 2550. The molecule has 17 heteroatoms. The first-order valence-electron chi connectivity index (χ1n) is 23.7. The molecule has 1 saturated carbocycles. The third-order valence-electron chi connectivity index (χ3n) is 12.6. The Kier molecular flexibility index (Phi) is 18.3. The zero-order chi connectivity index (χ0) is 49.2. The lowest BCUT2D eigenvalue weighted by Crippen LogP contribution is -2.65. The molecule has 0 unspecified atom stereocenters. The molecule has 1 aliphatic carbocycles. The first-order chi connectivity index (χ1) is 33.3. The van der Waals surface area contributed by atoms with Gasteiger partial charge in [-0.2, -0.15) is 0 Å². The summed E-state index contributed by atoms with van der Waals surface area (Å²) in [6.07, 6.45) is 5.79. The molecular weight excluding hydrogens is 875 g/mol. The molecule has 0 bridgehead atoms. The van der Waals surface area contributed by atoms with E-state index in [9.17, 15) is 28.8 Å². The summed E-state index contributed by atoms with van der Waals surface area (Å²) in [7, 11) is 0. The van der Waals surface area contributed by atoms with Crippen LogP contribution in [0.2, 0.25) is 0 Å². The molecule has 1 aromatic heterocycles. The highest BCUT2D eigenvalue weighted by molar-refractivity contribution is 5.97. The van der Waals surface area contributed by atoms with Gasteiger partial charge >= 0.3 is 6.03 Å². The van der Waals surface area contributed by atoms with Gasteiger partial charge < -0.3 is 54.1 Å². The molecule has 1 fully saturated rings. The van der Waals surface area contributed by atoms with Gasteiger partial charge in [-0.1, -0.05) is 104 Å². The number of fused-ring (bicyclic) bond motifs is 1. The normalized spacial score (nSPS) is 16.7. The topological polar surface area (TPSA) is 281 Å². The summed E-state index contributed by atoms with van der Waals surface area (Å²) < 4.78 is 0. The molecule has 4 aromatic carbocycles. The lowest BCUT2D eigenvalue weighted by atomic mass is 9.73. The number of para-hydroxylation sites is 1. The number of urea groups is 1. The van der Waals surface area contributed by atoms with Crippen molar-refractivity contribution in [2.45, 2.75) is 107 Å². The number of nitrogens with zero attached hydrogens (tertiary/aromatic N) is 1. The number of unbranched alkanes of at least 4 members (excludes halogenated alkanes) is 1. The van der Waals surface area contributed by atoms with Crippen LogP contribution >= 0.6 is 0 Å². The summed E-state index contributed by atoms with van der Waals surface area (Å²) >= 11 is 0. The number of guanidine groups is 1. The van der Waals surface area contributed by atoms with Crippen LogP contribution in [-0.4, -0.2) is 83.3 Å². The third-order valence-corrected chi connectivity index (χ3v) is 12.6. The highest BCUT2D eigenvalue weighted by Gasteiger charge is 2.45. The highest BCUT2D eigenvalue weighted by Crippen LogP contribution is 2.38. The summed E-state index contributed by atoms with van der Waals surface area (Å²) in [5.41, 5.74) is 19.8. The molecule has 7 amide bonds. The number of H-pyrrole nitrogens is 1. The Morgan fingerprint density at radius 1 is 0.710 bits per heavy atom. The predicted octanol–water partition coefficient (Wildman–Crippen LogP) is 4.07. The number of nitrogens with two attached hydrogens (primary N) is 3. The molecule has 1 aliphatic rings. The van der Waals surface area contributed by atoms with E-state index in [4.69, 9.17) is 17.2 Å². The third kappa shape index (κ3) is 14.6. The van der Waals surface area contributed by atoms with Crippen LogP contribution in [0.15, 0.2) is 120 Å². The molecule has 5 aromatic rings. The second kappa shape index (κ2) is 24.9. The maximum atomic E-state index is 14.8. The first kappa shape index (κ1) is 50.7. The van der Waals surface area contributed by atoms with Gasteiger partial charge in [0.25, 0.3) is 0 Å². The lowest BCUT2D eigenvalue weighted by molar-refractivity contribution is -0.135. The van der Waals surface area contributed by atoms with Crippen molar-refractivity contribution in [2.75, 3.05) is 13.1 Å². The monoisotopic (exact) mass is 940 g/mol. The number of primary amides is 1. The van der Waals surface area contributed by atoms with Crippen molar-refractivity contribution < 1.29 is 28.8 Å². The molecule has 0 radical (unpaired) electrons. The fourth-order valence-electron chi connectivity index (χ4n) is 8.77. The van der Waals surface area contributed by atoms with Gasteiger partial charge in [0.1, 0.15) is 23.7 Å². The predicted molar refractivity (Wildman–Crippen MR) is 266 cm³/mol. The number of hydrogen-bond donors (Lipinski definition) is 10. The summed E-state index contributed by atoms with van der Waals surface area (Å²) in [4.78, 5) is 90.8. The number of benzene rings is 4. The number of carbonyl (C=O) groups excluding carboxylic acids is 6. The van der Waals surface area contributed by atoms with Crippen molar-refractivity contribution >= 4 is 52.4 Å². The van der Waals surface area contributed by atoms with E-state index in [0.717, 1.165) is 40.4 Å². The largest absolute Gasteiger partial charge is 0.370 e.